The molecule has 0 saturated heterocycles. The second kappa shape index (κ2) is 6.64. The minimum Gasteiger partial charge on any atom is -0.271 e. The third-order valence-electron chi connectivity index (χ3n) is 3.81. The SMILES string of the molecule is NNC(Cc1cc(F)cc(Br)c1)C1CCCCC1. The molecule has 1 atom stereocenters. The molecule has 100 valence electrons. The molecule has 0 heterocycles. The van der Waals surface area contributed by atoms with Crippen molar-refractivity contribution in [3.63, 3.8) is 0 Å². The fourth-order valence-electron chi connectivity index (χ4n) is 2.88. The van der Waals surface area contributed by atoms with Gasteiger partial charge >= 0.3 is 0 Å². The highest BCUT2D eigenvalue weighted by Gasteiger charge is 2.23. The standard InChI is InChI=1S/C14H20BrFN2/c15-12-6-10(7-13(16)9-12)8-14(18-17)11-4-2-1-3-5-11/h6-7,9,11,14,18H,1-5,8,17H2. The first-order valence-electron chi connectivity index (χ1n) is 6.60. The Morgan fingerprint density at radius 3 is 2.61 bits per heavy atom. The average Bonchev–Trinajstić information content (AvgIpc) is 2.36. The minimum atomic E-state index is -0.196. The van der Waals surface area contributed by atoms with Crippen molar-refractivity contribution in [3.8, 4) is 0 Å². The molecule has 2 nitrogen and oxygen atoms in total. The van der Waals surface area contributed by atoms with E-state index in [-0.39, 0.29) is 11.9 Å². The quantitative estimate of drug-likeness (QED) is 0.659. The molecule has 1 aliphatic carbocycles. The molecule has 4 heteroatoms. The molecule has 3 N–H and O–H groups in total. The molecule has 1 fully saturated rings. The van der Waals surface area contributed by atoms with E-state index in [1.54, 1.807) is 6.07 Å². The Kier molecular flexibility index (Phi) is 5.15. The molecule has 1 unspecified atom stereocenters. The van der Waals surface area contributed by atoms with Crippen molar-refractivity contribution in [1.82, 2.24) is 5.43 Å². The Morgan fingerprint density at radius 2 is 2.00 bits per heavy atom. The van der Waals surface area contributed by atoms with Crippen LogP contribution in [0.3, 0.4) is 0 Å². The van der Waals surface area contributed by atoms with Crippen LogP contribution < -0.4 is 11.3 Å². The van der Waals surface area contributed by atoms with Gasteiger partial charge in [0.15, 0.2) is 0 Å². The van der Waals surface area contributed by atoms with Gasteiger partial charge < -0.3 is 0 Å². The molecule has 0 aliphatic heterocycles. The van der Waals surface area contributed by atoms with E-state index >= 15 is 0 Å². The molecular formula is C14H20BrFN2. The van der Waals surface area contributed by atoms with E-state index in [1.807, 2.05) is 6.07 Å². The normalized spacial score (nSPS) is 18.8. The summed E-state index contributed by atoms with van der Waals surface area (Å²) in [6.07, 6.45) is 7.15. The lowest BCUT2D eigenvalue weighted by Gasteiger charge is -2.29. The number of halogens is 2. The summed E-state index contributed by atoms with van der Waals surface area (Å²) in [7, 11) is 0. The monoisotopic (exact) mass is 314 g/mol. The fraction of sp³-hybridized carbons (Fsp3) is 0.571. The number of hydrogen-bond donors (Lipinski definition) is 2. The highest BCUT2D eigenvalue weighted by molar-refractivity contribution is 9.10. The summed E-state index contributed by atoms with van der Waals surface area (Å²) in [6.45, 7) is 0. The van der Waals surface area contributed by atoms with E-state index in [1.165, 1.54) is 38.2 Å². The van der Waals surface area contributed by atoms with Gasteiger partial charge in [-0.05, 0) is 48.9 Å². The lowest BCUT2D eigenvalue weighted by Crippen LogP contribution is -2.43. The Labute approximate surface area is 116 Å². The second-order valence-electron chi connectivity index (χ2n) is 5.15. The van der Waals surface area contributed by atoms with Crippen LogP contribution in [0.1, 0.15) is 37.7 Å². The maximum Gasteiger partial charge on any atom is 0.124 e. The van der Waals surface area contributed by atoms with Crippen LogP contribution in [0.4, 0.5) is 4.39 Å². The highest BCUT2D eigenvalue weighted by Crippen LogP contribution is 2.28. The zero-order valence-electron chi connectivity index (χ0n) is 10.5. The summed E-state index contributed by atoms with van der Waals surface area (Å²) in [5, 5.41) is 0. The summed E-state index contributed by atoms with van der Waals surface area (Å²) >= 11 is 3.33. The number of hydrazine groups is 1. The molecule has 0 amide bonds. The number of rotatable bonds is 4. The molecule has 2 rings (SSSR count). The number of nitrogens with one attached hydrogen (secondary N) is 1. The van der Waals surface area contributed by atoms with Crippen LogP contribution in [0.5, 0.6) is 0 Å². The van der Waals surface area contributed by atoms with E-state index in [4.69, 9.17) is 5.84 Å². The van der Waals surface area contributed by atoms with Gasteiger partial charge in [0.1, 0.15) is 5.82 Å². The molecule has 0 aromatic heterocycles. The van der Waals surface area contributed by atoms with Gasteiger partial charge in [-0.3, -0.25) is 11.3 Å². The van der Waals surface area contributed by atoms with Gasteiger partial charge in [-0.15, -0.1) is 0 Å². The van der Waals surface area contributed by atoms with E-state index in [2.05, 4.69) is 21.4 Å². The molecule has 1 aromatic rings. The van der Waals surface area contributed by atoms with Crippen molar-refractivity contribution in [2.45, 2.75) is 44.6 Å². The molecule has 0 bridgehead atoms. The topological polar surface area (TPSA) is 38.0 Å². The minimum absolute atomic E-state index is 0.196. The maximum absolute atomic E-state index is 13.3. The van der Waals surface area contributed by atoms with Gasteiger partial charge in [-0.1, -0.05) is 35.2 Å². The van der Waals surface area contributed by atoms with Crippen molar-refractivity contribution < 1.29 is 4.39 Å². The van der Waals surface area contributed by atoms with E-state index in [9.17, 15) is 4.39 Å². The summed E-state index contributed by atoms with van der Waals surface area (Å²) in [5.41, 5.74) is 3.92. The molecular weight excluding hydrogens is 295 g/mol. The van der Waals surface area contributed by atoms with Crippen molar-refractivity contribution in [3.05, 3.63) is 34.1 Å². The van der Waals surface area contributed by atoms with Crippen molar-refractivity contribution in [2.75, 3.05) is 0 Å². The van der Waals surface area contributed by atoms with Crippen molar-refractivity contribution in [2.24, 2.45) is 11.8 Å². The molecule has 1 saturated carbocycles. The van der Waals surface area contributed by atoms with Gasteiger partial charge in [0.25, 0.3) is 0 Å². The lowest BCUT2D eigenvalue weighted by atomic mass is 9.82. The van der Waals surface area contributed by atoms with Crippen LogP contribution in [0, 0.1) is 11.7 Å². The first-order valence-corrected chi connectivity index (χ1v) is 7.39. The predicted molar refractivity (Wildman–Crippen MR) is 75.5 cm³/mol. The Hall–Kier alpha value is -0.450. The number of benzene rings is 1. The van der Waals surface area contributed by atoms with E-state index < -0.39 is 0 Å². The maximum atomic E-state index is 13.3. The van der Waals surface area contributed by atoms with Gasteiger partial charge in [0.05, 0.1) is 0 Å². The summed E-state index contributed by atoms with van der Waals surface area (Å²) < 4.78 is 14.1. The van der Waals surface area contributed by atoms with Gasteiger partial charge in [0.2, 0.25) is 0 Å². The molecule has 0 radical (unpaired) electrons. The smallest absolute Gasteiger partial charge is 0.124 e. The van der Waals surface area contributed by atoms with Crippen LogP contribution >= 0.6 is 15.9 Å². The number of nitrogens with two attached hydrogens (primary N) is 1. The highest BCUT2D eigenvalue weighted by atomic mass is 79.9. The third-order valence-corrected chi connectivity index (χ3v) is 4.27. The fourth-order valence-corrected chi connectivity index (χ4v) is 3.39. The zero-order chi connectivity index (χ0) is 13.0. The lowest BCUT2D eigenvalue weighted by molar-refractivity contribution is 0.268. The molecule has 1 aromatic carbocycles. The first-order chi connectivity index (χ1) is 8.69. The Morgan fingerprint density at radius 1 is 1.28 bits per heavy atom. The largest absolute Gasteiger partial charge is 0.271 e. The number of hydrogen-bond acceptors (Lipinski definition) is 2. The second-order valence-corrected chi connectivity index (χ2v) is 6.07. The Bertz CT molecular complexity index is 371. The van der Waals surface area contributed by atoms with Gasteiger partial charge in [-0.25, -0.2) is 4.39 Å². The molecule has 0 spiro atoms. The first kappa shape index (κ1) is 14.0. The van der Waals surface area contributed by atoms with Crippen molar-refractivity contribution >= 4 is 15.9 Å². The van der Waals surface area contributed by atoms with E-state index in [0.717, 1.165) is 16.5 Å². The Balaban J connectivity index is 2.04. The van der Waals surface area contributed by atoms with Crippen LogP contribution in [0.25, 0.3) is 0 Å². The van der Waals surface area contributed by atoms with Crippen LogP contribution in [0.2, 0.25) is 0 Å². The van der Waals surface area contributed by atoms with Gasteiger partial charge in [-0.2, -0.15) is 0 Å². The van der Waals surface area contributed by atoms with Crippen molar-refractivity contribution in [1.29, 1.82) is 0 Å². The van der Waals surface area contributed by atoms with Crippen LogP contribution in [-0.4, -0.2) is 6.04 Å². The summed E-state index contributed by atoms with van der Waals surface area (Å²) in [5.74, 6) is 6.09. The third kappa shape index (κ3) is 3.77. The van der Waals surface area contributed by atoms with E-state index in [0.29, 0.717) is 5.92 Å². The van der Waals surface area contributed by atoms with Crippen LogP contribution in [-0.2, 0) is 6.42 Å². The molecule has 1 aliphatic rings. The zero-order valence-corrected chi connectivity index (χ0v) is 12.0. The van der Waals surface area contributed by atoms with Crippen LogP contribution in [0.15, 0.2) is 22.7 Å². The summed E-state index contributed by atoms with van der Waals surface area (Å²) in [6, 6.07) is 5.29. The predicted octanol–water partition coefficient (Wildman–Crippen LogP) is 3.54. The van der Waals surface area contributed by atoms with Gasteiger partial charge in [0, 0.05) is 10.5 Å². The average molecular weight is 315 g/mol. The summed E-state index contributed by atoms with van der Waals surface area (Å²) in [4.78, 5) is 0. The molecule has 18 heavy (non-hydrogen) atoms.